The molecule has 2 fully saturated rings. The lowest BCUT2D eigenvalue weighted by atomic mass is 9.98. The molecular weight excluding hydrogens is 362 g/mol. The zero-order valence-electron chi connectivity index (χ0n) is 15.4. The second-order valence-corrected chi connectivity index (χ2v) is 8.52. The fraction of sp³-hybridized carbons (Fsp3) is 0.579. The summed E-state index contributed by atoms with van der Waals surface area (Å²) in [6, 6.07) is 0.367. The number of rotatable bonds is 3. The van der Waals surface area contributed by atoms with Crippen molar-refractivity contribution in [3.63, 3.8) is 0 Å². The molecule has 0 aromatic carbocycles. The number of morpholine rings is 1. The van der Waals surface area contributed by atoms with Gasteiger partial charge in [-0.25, -0.2) is 15.0 Å². The summed E-state index contributed by atoms with van der Waals surface area (Å²) in [5, 5.41) is 3.00. The third-order valence-electron chi connectivity index (χ3n) is 5.76. The molecule has 0 saturated carbocycles. The SMILES string of the molecule is Cc1nc(CC(=O)N2[C@H]3CC[C@H]2c2cnc(N4CCOCC4)nc2C3)cs1. The molecule has 3 aliphatic rings. The number of nitrogens with zero attached hydrogens (tertiary/aromatic N) is 5. The highest BCUT2D eigenvalue weighted by Crippen LogP contribution is 2.43. The van der Waals surface area contributed by atoms with Crippen LogP contribution in [0.5, 0.6) is 0 Å². The molecule has 0 aliphatic carbocycles. The van der Waals surface area contributed by atoms with Crippen LogP contribution in [-0.2, 0) is 22.4 Å². The number of hydrogen-bond acceptors (Lipinski definition) is 7. The minimum atomic E-state index is 0.115. The Kier molecular flexibility index (Phi) is 4.32. The lowest BCUT2D eigenvalue weighted by molar-refractivity contribution is -0.134. The minimum Gasteiger partial charge on any atom is -0.378 e. The molecular formula is C19H23N5O2S. The lowest BCUT2D eigenvalue weighted by Gasteiger charge is -2.36. The Balaban J connectivity index is 1.37. The molecule has 1 amide bonds. The van der Waals surface area contributed by atoms with Gasteiger partial charge in [0.05, 0.1) is 42.1 Å². The standard InChI is InChI=1S/C19H23N5O2S/c1-12-21-13(11-27-12)8-18(25)24-14-2-3-17(24)15-10-20-19(22-16(15)9-14)23-4-6-26-7-5-23/h10-11,14,17H,2-9H2,1H3/t14-,17-/m0/s1. The number of carbonyl (C=O) groups is 1. The summed E-state index contributed by atoms with van der Waals surface area (Å²) in [5.41, 5.74) is 3.13. The summed E-state index contributed by atoms with van der Waals surface area (Å²) in [4.78, 5) is 31.2. The number of aryl methyl sites for hydroxylation is 1. The second kappa shape index (κ2) is 6.83. The van der Waals surface area contributed by atoms with Crippen LogP contribution in [0.2, 0.25) is 0 Å². The maximum atomic E-state index is 13.0. The molecule has 0 radical (unpaired) electrons. The summed E-state index contributed by atoms with van der Waals surface area (Å²) in [6.07, 6.45) is 5.20. The van der Waals surface area contributed by atoms with Gasteiger partial charge in [-0.05, 0) is 19.8 Å². The third kappa shape index (κ3) is 3.10. The number of hydrogen-bond donors (Lipinski definition) is 0. The predicted octanol–water partition coefficient (Wildman–Crippen LogP) is 1.91. The van der Waals surface area contributed by atoms with Gasteiger partial charge < -0.3 is 14.5 Å². The minimum absolute atomic E-state index is 0.115. The average Bonchev–Trinajstić information content (AvgIpc) is 3.24. The highest BCUT2D eigenvalue weighted by atomic mass is 32.1. The first kappa shape index (κ1) is 17.1. The first-order valence-electron chi connectivity index (χ1n) is 9.60. The molecule has 8 heteroatoms. The van der Waals surface area contributed by atoms with E-state index in [-0.39, 0.29) is 18.0 Å². The molecule has 2 bridgehead atoms. The van der Waals surface area contributed by atoms with Crippen molar-refractivity contribution in [2.75, 3.05) is 31.2 Å². The summed E-state index contributed by atoms with van der Waals surface area (Å²) >= 11 is 1.60. The highest BCUT2D eigenvalue weighted by Gasteiger charge is 2.43. The van der Waals surface area contributed by atoms with E-state index in [1.165, 1.54) is 0 Å². The van der Waals surface area contributed by atoms with Crippen LogP contribution < -0.4 is 4.90 Å². The Labute approximate surface area is 162 Å². The van der Waals surface area contributed by atoms with E-state index < -0.39 is 0 Å². The monoisotopic (exact) mass is 385 g/mol. The second-order valence-electron chi connectivity index (χ2n) is 7.46. The number of fused-ring (bicyclic) bond motifs is 4. The molecule has 2 atom stereocenters. The van der Waals surface area contributed by atoms with E-state index in [0.717, 1.165) is 73.5 Å². The number of anilines is 1. The van der Waals surface area contributed by atoms with Gasteiger partial charge in [0.1, 0.15) is 0 Å². The largest absolute Gasteiger partial charge is 0.378 e. The number of ether oxygens (including phenoxy) is 1. The summed E-state index contributed by atoms with van der Waals surface area (Å²) in [7, 11) is 0. The van der Waals surface area contributed by atoms with Crippen LogP contribution in [-0.4, -0.2) is 58.1 Å². The summed E-state index contributed by atoms with van der Waals surface area (Å²) < 4.78 is 5.42. The Morgan fingerprint density at radius 1 is 1.30 bits per heavy atom. The van der Waals surface area contributed by atoms with Gasteiger partial charge in [-0.3, -0.25) is 4.79 Å². The Morgan fingerprint density at radius 3 is 2.93 bits per heavy atom. The lowest BCUT2D eigenvalue weighted by Crippen LogP contribution is -2.43. The van der Waals surface area contributed by atoms with Gasteiger partial charge in [0.15, 0.2) is 0 Å². The topological polar surface area (TPSA) is 71.5 Å². The van der Waals surface area contributed by atoms with Crippen molar-refractivity contribution < 1.29 is 9.53 Å². The molecule has 5 rings (SSSR count). The van der Waals surface area contributed by atoms with E-state index in [4.69, 9.17) is 9.72 Å². The molecule has 0 spiro atoms. The Morgan fingerprint density at radius 2 is 2.15 bits per heavy atom. The normalized spacial score (nSPS) is 24.2. The van der Waals surface area contributed by atoms with Crippen molar-refractivity contribution in [3.8, 4) is 0 Å². The van der Waals surface area contributed by atoms with E-state index in [1.807, 2.05) is 18.5 Å². The first-order chi connectivity index (χ1) is 13.2. The van der Waals surface area contributed by atoms with Crippen molar-refractivity contribution in [3.05, 3.63) is 33.5 Å². The summed E-state index contributed by atoms with van der Waals surface area (Å²) in [5.74, 6) is 0.977. The number of thiazole rings is 1. The summed E-state index contributed by atoms with van der Waals surface area (Å²) in [6.45, 7) is 5.10. The van der Waals surface area contributed by atoms with Crippen molar-refractivity contribution in [2.45, 2.75) is 44.7 Å². The zero-order valence-corrected chi connectivity index (χ0v) is 16.2. The van der Waals surface area contributed by atoms with Crippen molar-refractivity contribution in [2.24, 2.45) is 0 Å². The third-order valence-corrected chi connectivity index (χ3v) is 6.58. The zero-order chi connectivity index (χ0) is 18.4. The highest BCUT2D eigenvalue weighted by molar-refractivity contribution is 7.09. The van der Waals surface area contributed by atoms with Gasteiger partial charge in [-0.1, -0.05) is 0 Å². The molecule has 0 unspecified atom stereocenters. The van der Waals surface area contributed by atoms with Crippen LogP contribution >= 0.6 is 11.3 Å². The van der Waals surface area contributed by atoms with Crippen LogP contribution in [0.25, 0.3) is 0 Å². The van der Waals surface area contributed by atoms with Crippen molar-refractivity contribution >= 4 is 23.2 Å². The first-order valence-corrected chi connectivity index (χ1v) is 10.5. The molecule has 2 aromatic rings. The number of aromatic nitrogens is 3. The Hall–Kier alpha value is -2.06. The van der Waals surface area contributed by atoms with E-state index in [1.54, 1.807) is 11.3 Å². The fourth-order valence-electron chi connectivity index (χ4n) is 4.50. The van der Waals surface area contributed by atoms with Gasteiger partial charge in [0, 0.05) is 42.7 Å². The van der Waals surface area contributed by atoms with Gasteiger partial charge in [0.2, 0.25) is 11.9 Å². The molecule has 5 heterocycles. The molecule has 142 valence electrons. The van der Waals surface area contributed by atoms with Gasteiger partial charge in [-0.15, -0.1) is 11.3 Å². The Bertz CT molecular complexity index is 864. The number of carbonyl (C=O) groups excluding carboxylic acids is 1. The van der Waals surface area contributed by atoms with E-state index in [2.05, 4.69) is 19.8 Å². The quantitative estimate of drug-likeness (QED) is 0.804. The van der Waals surface area contributed by atoms with Crippen LogP contribution in [0.1, 0.15) is 40.8 Å². The maximum absolute atomic E-state index is 13.0. The van der Waals surface area contributed by atoms with E-state index in [0.29, 0.717) is 6.42 Å². The predicted molar refractivity (Wildman–Crippen MR) is 102 cm³/mol. The average molecular weight is 385 g/mol. The molecule has 27 heavy (non-hydrogen) atoms. The van der Waals surface area contributed by atoms with Crippen LogP contribution in [0.3, 0.4) is 0 Å². The number of amides is 1. The van der Waals surface area contributed by atoms with E-state index >= 15 is 0 Å². The maximum Gasteiger partial charge on any atom is 0.229 e. The van der Waals surface area contributed by atoms with Crippen LogP contribution in [0, 0.1) is 6.92 Å². The van der Waals surface area contributed by atoms with Gasteiger partial charge in [-0.2, -0.15) is 0 Å². The van der Waals surface area contributed by atoms with Gasteiger partial charge in [0.25, 0.3) is 0 Å². The van der Waals surface area contributed by atoms with Crippen molar-refractivity contribution in [1.82, 2.24) is 19.9 Å². The smallest absolute Gasteiger partial charge is 0.229 e. The van der Waals surface area contributed by atoms with Crippen LogP contribution in [0.15, 0.2) is 11.6 Å². The molecule has 0 N–H and O–H groups in total. The van der Waals surface area contributed by atoms with Crippen LogP contribution in [0.4, 0.5) is 5.95 Å². The molecule has 7 nitrogen and oxygen atoms in total. The fourth-order valence-corrected chi connectivity index (χ4v) is 5.11. The van der Waals surface area contributed by atoms with E-state index in [9.17, 15) is 4.79 Å². The molecule has 2 saturated heterocycles. The molecule has 3 aliphatic heterocycles. The van der Waals surface area contributed by atoms with Crippen molar-refractivity contribution in [1.29, 1.82) is 0 Å². The van der Waals surface area contributed by atoms with Gasteiger partial charge >= 0.3 is 0 Å². The molecule has 2 aromatic heterocycles.